The minimum atomic E-state index is -0.292. The Morgan fingerprint density at radius 1 is 1.09 bits per heavy atom. The third-order valence-electron chi connectivity index (χ3n) is 4.01. The first kappa shape index (κ1) is 14.0. The molecule has 0 aliphatic carbocycles. The number of fused-ring (bicyclic) bond motifs is 1. The normalized spacial score (nSPS) is 16.8. The number of rotatable bonds is 3. The molecule has 0 fully saturated rings. The van der Waals surface area contributed by atoms with Crippen LogP contribution in [0.1, 0.15) is 23.1 Å². The van der Waals surface area contributed by atoms with Gasteiger partial charge in [0.25, 0.3) is 5.89 Å². The van der Waals surface area contributed by atoms with E-state index in [1.807, 2.05) is 36.4 Å². The number of hydrogen-bond acceptors (Lipinski definition) is 5. The van der Waals surface area contributed by atoms with Gasteiger partial charge in [-0.3, -0.25) is 0 Å². The molecule has 0 saturated heterocycles. The second-order valence-electron chi connectivity index (χ2n) is 5.38. The van der Waals surface area contributed by atoms with E-state index in [1.54, 1.807) is 7.11 Å². The van der Waals surface area contributed by atoms with Gasteiger partial charge in [0, 0.05) is 5.56 Å². The molecule has 5 nitrogen and oxygen atoms in total. The Bertz CT molecular complexity index is 811. The number of nitrogens with zero attached hydrogens (tertiary/aromatic N) is 2. The lowest BCUT2D eigenvalue weighted by Crippen LogP contribution is -2.17. The van der Waals surface area contributed by atoms with E-state index >= 15 is 0 Å². The fourth-order valence-electron chi connectivity index (χ4n) is 2.80. The van der Waals surface area contributed by atoms with Crippen molar-refractivity contribution in [2.45, 2.75) is 12.5 Å². The molecule has 0 unspecified atom stereocenters. The van der Waals surface area contributed by atoms with E-state index in [0.29, 0.717) is 18.3 Å². The second-order valence-corrected chi connectivity index (χ2v) is 5.38. The van der Waals surface area contributed by atoms with Crippen molar-refractivity contribution in [2.75, 3.05) is 13.7 Å². The van der Waals surface area contributed by atoms with Crippen molar-refractivity contribution < 1.29 is 14.0 Å². The molecule has 116 valence electrons. The van der Waals surface area contributed by atoms with Crippen LogP contribution in [0, 0.1) is 0 Å². The summed E-state index contributed by atoms with van der Waals surface area (Å²) in [6, 6.07) is 15.8. The van der Waals surface area contributed by atoms with Crippen LogP contribution in [0.5, 0.6) is 5.75 Å². The van der Waals surface area contributed by atoms with E-state index in [2.05, 4.69) is 22.3 Å². The Balaban J connectivity index is 1.66. The molecule has 0 bridgehead atoms. The molecule has 1 aromatic heterocycles. The summed E-state index contributed by atoms with van der Waals surface area (Å²) in [5.74, 6) is 1.83. The van der Waals surface area contributed by atoms with Gasteiger partial charge in [0.15, 0.2) is 6.10 Å². The molecule has 4 rings (SSSR count). The number of hydrogen-bond donors (Lipinski definition) is 0. The van der Waals surface area contributed by atoms with Crippen LogP contribution in [0.2, 0.25) is 0 Å². The quantitative estimate of drug-likeness (QED) is 0.742. The fourth-order valence-corrected chi connectivity index (χ4v) is 2.80. The molecule has 5 heteroatoms. The first-order chi connectivity index (χ1) is 11.3. The lowest BCUT2D eigenvalue weighted by atomic mass is 9.97. The maximum atomic E-state index is 5.86. The smallest absolute Gasteiger partial charge is 0.260 e. The van der Waals surface area contributed by atoms with Gasteiger partial charge in [-0.25, -0.2) is 0 Å². The summed E-state index contributed by atoms with van der Waals surface area (Å²) in [5.41, 5.74) is 3.25. The summed E-state index contributed by atoms with van der Waals surface area (Å²) in [7, 11) is 1.64. The van der Waals surface area contributed by atoms with Crippen LogP contribution in [0.15, 0.2) is 53.1 Å². The second kappa shape index (κ2) is 5.85. The Labute approximate surface area is 133 Å². The number of methoxy groups -OCH3 is 1. The molecule has 2 aromatic carbocycles. The molecule has 0 radical (unpaired) electrons. The topological polar surface area (TPSA) is 57.4 Å². The first-order valence-corrected chi connectivity index (χ1v) is 7.52. The van der Waals surface area contributed by atoms with Gasteiger partial charge in [0.2, 0.25) is 5.82 Å². The largest absolute Gasteiger partial charge is 0.497 e. The molecule has 1 aliphatic heterocycles. The van der Waals surface area contributed by atoms with Crippen LogP contribution in [0.3, 0.4) is 0 Å². The summed E-state index contributed by atoms with van der Waals surface area (Å²) in [5, 5.41) is 4.08. The van der Waals surface area contributed by atoms with Gasteiger partial charge in [-0.1, -0.05) is 29.4 Å². The minimum absolute atomic E-state index is 0.292. The Morgan fingerprint density at radius 3 is 2.74 bits per heavy atom. The Hall–Kier alpha value is -2.66. The summed E-state index contributed by atoms with van der Waals surface area (Å²) in [4.78, 5) is 4.51. The van der Waals surface area contributed by atoms with Crippen LogP contribution in [-0.2, 0) is 11.2 Å². The summed E-state index contributed by atoms with van der Waals surface area (Å²) < 4.78 is 16.5. The van der Waals surface area contributed by atoms with Gasteiger partial charge in [0.1, 0.15) is 5.75 Å². The Kier molecular flexibility index (Phi) is 3.55. The van der Waals surface area contributed by atoms with Crippen molar-refractivity contribution in [3.8, 4) is 17.1 Å². The highest BCUT2D eigenvalue weighted by Gasteiger charge is 2.27. The van der Waals surface area contributed by atoms with Crippen LogP contribution < -0.4 is 4.74 Å². The minimum Gasteiger partial charge on any atom is -0.497 e. The fraction of sp³-hybridized carbons (Fsp3) is 0.222. The summed E-state index contributed by atoms with van der Waals surface area (Å²) in [6.07, 6.45) is 0.617. The highest BCUT2D eigenvalue weighted by atomic mass is 16.5. The third kappa shape index (κ3) is 2.59. The van der Waals surface area contributed by atoms with Gasteiger partial charge in [0.05, 0.1) is 13.7 Å². The van der Waals surface area contributed by atoms with Gasteiger partial charge in [-0.05, 0) is 41.8 Å². The first-order valence-electron chi connectivity index (χ1n) is 7.52. The summed E-state index contributed by atoms with van der Waals surface area (Å²) >= 11 is 0. The number of aromatic nitrogens is 2. The highest BCUT2D eigenvalue weighted by Crippen LogP contribution is 2.32. The predicted octanol–water partition coefficient (Wildman–Crippen LogP) is 3.41. The van der Waals surface area contributed by atoms with Crippen LogP contribution >= 0.6 is 0 Å². The molecule has 1 aliphatic rings. The summed E-state index contributed by atoms with van der Waals surface area (Å²) in [6.45, 7) is 0.655. The molecule has 0 amide bonds. The van der Waals surface area contributed by atoms with E-state index in [0.717, 1.165) is 23.3 Å². The maximum Gasteiger partial charge on any atom is 0.260 e. The van der Waals surface area contributed by atoms with Gasteiger partial charge < -0.3 is 14.0 Å². The van der Waals surface area contributed by atoms with Gasteiger partial charge >= 0.3 is 0 Å². The molecule has 3 aromatic rings. The molecule has 1 atom stereocenters. The van der Waals surface area contributed by atoms with Crippen LogP contribution in [-0.4, -0.2) is 23.9 Å². The molecule has 0 N–H and O–H groups in total. The average Bonchev–Trinajstić information content (AvgIpc) is 3.11. The molecule has 23 heavy (non-hydrogen) atoms. The molecular formula is C18H16N2O3. The van der Waals surface area contributed by atoms with E-state index in [1.165, 1.54) is 5.56 Å². The zero-order chi connectivity index (χ0) is 15.6. The van der Waals surface area contributed by atoms with Crippen molar-refractivity contribution in [3.63, 3.8) is 0 Å². The number of benzene rings is 2. The zero-order valence-corrected chi connectivity index (χ0v) is 12.7. The highest BCUT2D eigenvalue weighted by molar-refractivity contribution is 5.55. The number of ether oxygens (including phenoxy) is 2. The third-order valence-corrected chi connectivity index (χ3v) is 4.01. The van der Waals surface area contributed by atoms with Crippen molar-refractivity contribution in [1.82, 2.24) is 10.1 Å². The van der Waals surface area contributed by atoms with Crippen molar-refractivity contribution in [3.05, 3.63) is 65.5 Å². The standard InChI is InChI=1S/C18H16N2O3/c1-21-14-8-6-13(7-9-14)17-19-18(23-20-17)16-15-5-3-2-4-12(15)10-11-22-16/h2-9,16H,10-11H2,1H3/t16-/m0/s1. The van der Waals surface area contributed by atoms with Crippen LogP contribution in [0.25, 0.3) is 11.4 Å². The molecule has 0 saturated carbocycles. The lowest BCUT2D eigenvalue weighted by molar-refractivity contribution is 0.0476. The maximum absolute atomic E-state index is 5.86. The molecule has 2 heterocycles. The lowest BCUT2D eigenvalue weighted by Gasteiger charge is -2.22. The van der Waals surface area contributed by atoms with Gasteiger partial charge in [-0.15, -0.1) is 0 Å². The average molecular weight is 308 g/mol. The van der Waals surface area contributed by atoms with Crippen LogP contribution in [0.4, 0.5) is 0 Å². The zero-order valence-electron chi connectivity index (χ0n) is 12.7. The van der Waals surface area contributed by atoms with E-state index in [9.17, 15) is 0 Å². The van der Waals surface area contributed by atoms with Crippen molar-refractivity contribution >= 4 is 0 Å². The SMILES string of the molecule is COc1ccc(-c2noc([C@H]3OCCc4ccccc43)n2)cc1. The van der Waals surface area contributed by atoms with E-state index in [4.69, 9.17) is 14.0 Å². The van der Waals surface area contributed by atoms with Crippen molar-refractivity contribution in [1.29, 1.82) is 0 Å². The predicted molar refractivity (Wildman–Crippen MR) is 84.2 cm³/mol. The van der Waals surface area contributed by atoms with E-state index < -0.39 is 0 Å². The van der Waals surface area contributed by atoms with E-state index in [-0.39, 0.29) is 6.10 Å². The molecule has 0 spiro atoms. The van der Waals surface area contributed by atoms with Crippen molar-refractivity contribution in [2.24, 2.45) is 0 Å². The molecular weight excluding hydrogens is 292 g/mol. The monoisotopic (exact) mass is 308 g/mol. The van der Waals surface area contributed by atoms with Gasteiger partial charge in [-0.2, -0.15) is 4.98 Å². The Morgan fingerprint density at radius 2 is 1.91 bits per heavy atom.